The smallest absolute Gasteiger partial charge is 0.134 e. The summed E-state index contributed by atoms with van der Waals surface area (Å²) >= 11 is 12.2. The number of rotatable bonds is 2. The van der Waals surface area contributed by atoms with Gasteiger partial charge in [0.25, 0.3) is 0 Å². The van der Waals surface area contributed by atoms with Gasteiger partial charge in [0.15, 0.2) is 0 Å². The molecule has 2 aromatic carbocycles. The van der Waals surface area contributed by atoms with Crippen molar-refractivity contribution in [2.75, 3.05) is 0 Å². The van der Waals surface area contributed by atoms with E-state index in [2.05, 4.69) is 0 Å². The Balaban J connectivity index is 2.15. The molecule has 2 aromatic rings. The Morgan fingerprint density at radius 2 is 1.18 bits per heavy atom. The van der Waals surface area contributed by atoms with Gasteiger partial charge in [-0.25, -0.2) is 0 Å². The van der Waals surface area contributed by atoms with Crippen molar-refractivity contribution in [1.82, 2.24) is 0 Å². The third-order valence-electron chi connectivity index (χ3n) is 4.71. The summed E-state index contributed by atoms with van der Waals surface area (Å²) in [7, 11) is 0. The quantitative estimate of drug-likeness (QED) is 0.743. The Kier molecular flexibility index (Phi) is 4.24. The Morgan fingerprint density at radius 3 is 1.59 bits per heavy atom. The molecule has 0 radical (unpaired) electrons. The van der Waals surface area contributed by atoms with E-state index < -0.39 is 0 Å². The molecule has 0 spiro atoms. The van der Waals surface area contributed by atoms with Gasteiger partial charge in [0.1, 0.15) is 11.5 Å². The molecule has 1 aliphatic rings. The van der Waals surface area contributed by atoms with Gasteiger partial charge < -0.3 is 10.2 Å². The van der Waals surface area contributed by atoms with Crippen LogP contribution in [0.1, 0.15) is 43.2 Å². The molecule has 0 unspecified atom stereocenters. The van der Waals surface area contributed by atoms with Crippen LogP contribution in [0.2, 0.25) is 10.0 Å². The zero-order valence-corrected chi connectivity index (χ0v) is 13.7. The van der Waals surface area contributed by atoms with Crippen molar-refractivity contribution in [3.63, 3.8) is 0 Å². The average molecular weight is 337 g/mol. The monoisotopic (exact) mass is 336 g/mol. The molecule has 22 heavy (non-hydrogen) atoms. The molecule has 1 saturated carbocycles. The van der Waals surface area contributed by atoms with Crippen molar-refractivity contribution < 1.29 is 10.2 Å². The molecular weight excluding hydrogens is 319 g/mol. The summed E-state index contributed by atoms with van der Waals surface area (Å²) in [5.41, 5.74) is 2.03. The molecule has 0 saturated heterocycles. The topological polar surface area (TPSA) is 40.5 Å². The lowest BCUT2D eigenvalue weighted by molar-refractivity contribution is 0.345. The van der Waals surface area contributed by atoms with Crippen LogP contribution in [0.15, 0.2) is 36.4 Å². The van der Waals surface area contributed by atoms with E-state index in [1.807, 2.05) is 24.3 Å². The van der Waals surface area contributed by atoms with Gasteiger partial charge >= 0.3 is 0 Å². The van der Waals surface area contributed by atoms with E-state index in [0.717, 1.165) is 36.8 Å². The van der Waals surface area contributed by atoms with Crippen LogP contribution in [0, 0.1) is 0 Å². The van der Waals surface area contributed by atoms with Gasteiger partial charge in [0, 0.05) is 5.41 Å². The predicted octanol–water partition coefficient (Wildman–Crippen LogP) is 5.65. The van der Waals surface area contributed by atoms with E-state index in [-0.39, 0.29) is 16.9 Å². The number of aromatic hydroxyl groups is 2. The molecule has 0 aromatic heterocycles. The van der Waals surface area contributed by atoms with E-state index in [1.165, 1.54) is 6.42 Å². The highest BCUT2D eigenvalue weighted by Crippen LogP contribution is 2.47. The second kappa shape index (κ2) is 6.02. The third-order valence-corrected chi connectivity index (χ3v) is 5.31. The summed E-state index contributed by atoms with van der Waals surface area (Å²) in [4.78, 5) is 0. The van der Waals surface area contributed by atoms with Gasteiger partial charge in [-0.2, -0.15) is 0 Å². The predicted molar refractivity (Wildman–Crippen MR) is 90.1 cm³/mol. The lowest BCUT2D eigenvalue weighted by Gasteiger charge is -2.39. The second-order valence-electron chi connectivity index (χ2n) is 5.98. The van der Waals surface area contributed by atoms with Crippen LogP contribution in [-0.4, -0.2) is 10.2 Å². The van der Waals surface area contributed by atoms with Crippen molar-refractivity contribution in [3.8, 4) is 11.5 Å². The zero-order chi connectivity index (χ0) is 15.7. The van der Waals surface area contributed by atoms with Crippen LogP contribution in [0.4, 0.5) is 0 Å². The van der Waals surface area contributed by atoms with Crippen LogP contribution in [-0.2, 0) is 5.41 Å². The highest BCUT2D eigenvalue weighted by molar-refractivity contribution is 6.32. The number of phenolic OH excluding ortho intramolecular Hbond substituents is 2. The molecule has 1 fully saturated rings. The minimum Gasteiger partial charge on any atom is -0.506 e. The van der Waals surface area contributed by atoms with Gasteiger partial charge in [-0.15, -0.1) is 0 Å². The van der Waals surface area contributed by atoms with Gasteiger partial charge in [-0.05, 0) is 48.2 Å². The van der Waals surface area contributed by atoms with Crippen molar-refractivity contribution in [2.24, 2.45) is 0 Å². The second-order valence-corrected chi connectivity index (χ2v) is 6.79. The number of halogens is 2. The van der Waals surface area contributed by atoms with E-state index in [1.54, 1.807) is 12.1 Å². The SMILES string of the molecule is Oc1ccc(C2(c3ccc(O)c(Cl)c3)CCCCC2)cc1Cl. The molecule has 0 bridgehead atoms. The molecule has 116 valence electrons. The lowest BCUT2D eigenvalue weighted by Crippen LogP contribution is -2.30. The highest BCUT2D eigenvalue weighted by atomic mass is 35.5. The van der Waals surface area contributed by atoms with E-state index in [4.69, 9.17) is 23.2 Å². The molecule has 3 rings (SSSR count). The number of hydrogen-bond donors (Lipinski definition) is 2. The first-order valence-corrected chi connectivity index (χ1v) is 8.26. The summed E-state index contributed by atoms with van der Waals surface area (Å²) in [6, 6.07) is 10.9. The first-order chi connectivity index (χ1) is 10.5. The minimum atomic E-state index is -0.160. The normalized spacial score (nSPS) is 17.4. The number of hydrogen-bond acceptors (Lipinski definition) is 2. The third kappa shape index (κ3) is 2.66. The minimum absolute atomic E-state index is 0.0973. The van der Waals surface area contributed by atoms with Crippen LogP contribution in [0.5, 0.6) is 11.5 Å². The first kappa shape index (κ1) is 15.5. The van der Waals surface area contributed by atoms with Crippen molar-refractivity contribution in [3.05, 3.63) is 57.6 Å². The first-order valence-electron chi connectivity index (χ1n) is 7.51. The fraction of sp³-hybridized carbons (Fsp3) is 0.333. The number of benzene rings is 2. The molecule has 0 heterocycles. The van der Waals surface area contributed by atoms with Crippen molar-refractivity contribution >= 4 is 23.2 Å². The molecule has 1 aliphatic carbocycles. The van der Waals surface area contributed by atoms with Crippen LogP contribution >= 0.6 is 23.2 Å². The van der Waals surface area contributed by atoms with E-state index in [0.29, 0.717) is 10.0 Å². The largest absolute Gasteiger partial charge is 0.506 e. The maximum absolute atomic E-state index is 9.69. The van der Waals surface area contributed by atoms with Gasteiger partial charge in [0.05, 0.1) is 10.0 Å². The fourth-order valence-electron chi connectivity index (χ4n) is 3.51. The maximum atomic E-state index is 9.69. The molecule has 0 atom stereocenters. The molecular formula is C18H18Cl2O2. The van der Waals surface area contributed by atoms with Gasteiger partial charge in [-0.1, -0.05) is 54.6 Å². The van der Waals surface area contributed by atoms with Gasteiger partial charge in [-0.3, -0.25) is 0 Å². The van der Waals surface area contributed by atoms with Crippen LogP contribution in [0.25, 0.3) is 0 Å². The standard InChI is InChI=1S/C18H18Cl2O2/c19-14-10-12(4-6-16(14)21)18(8-2-1-3-9-18)13-5-7-17(22)15(20)11-13/h4-7,10-11,21-22H,1-3,8-9H2. The fourth-order valence-corrected chi connectivity index (χ4v) is 3.87. The summed E-state index contributed by atoms with van der Waals surface area (Å²) < 4.78 is 0. The highest BCUT2D eigenvalue weighted by Gasteiger charge is 2.36. The van der Waals surface area contributed by atoms with Crippen LogP contribution < -0.4 is 0 Å². The van der Waals surface area contributed by atoms with Crippen molar-refractivity contribution in [2.45, 2.75) is 37.5 Å². The Morgan fingerprint density at radius 1 is 0.727 bits per heavy atom. The number of phenols is 2. The van der Waals surface area contributed by atoms with Crippen molar-refractivity contribution in [1.29, 1.82) is 0 Å². The molecule has 4 heteroatoms. The summed E-state index contributed by atoms with van der Waals surface area (Å²) in [6.45, 7) is 0. The molecule has 0 amide bonds. The summed E-state index contributed by atoms with van der Waals surface area (Å²) in [5, 5.41) is 20.1. The summed E-state index contributed by atoms with van der Waals surface area (Å²) in [6.07, 6.45) is 5.51. The maximum Gasteiger partial charge on any atom is 0.134 e. The Labute approximate surface area is 140 Å². The van der Waals surface area contributed by atoms with Crippen LogP contribution in [0.3, 0.4) is 0 Å². The molecule has 2 nitrogen and oxygen atoms in total. The molecule has 2 N–H and O–H groups in total. The Bertz CT molecular complexity index is 638. The average Bonchev–Trinajstić information content (AvgIpc) is 2.53. The molecule has 0 aliphatic heterocycles. The zero-order valence-electron chi connectivity index (χ0n) is 12.1. The van der Waals surface area contributed by atoms with E-state index >= 15 is 0 Å². The summed E-state index contributed by atoms with van der Waals surface area (Å²) in [5.74, 6) is 0.195. The lowest BCUT2D eigenvalue weighted by atomic mass is 9.65. The van der Waals surface area contributed by atoms with Gasteiger partial charge in [0.2, 0.25) is 0 Å². The Hall–Kier alpha value is -1.38. The van der Waals surface area contributed by atoms with E-state index in [9.17, 15) is 10.2 Å².